The molecule has 4 heteroatoms. The molecule has 136 valence electrons. The number of aryl methyl sites for hydroxylation is 1. The number of carbonyl (C=O) groups excluding carboxylic acids is 1. The summed E-state index contributed by atoms with van der Waals surface area (Å²) >= 11 is 0. The maximum absolute atomic E-state index is 12.5. The van der Waals surface area contributed by atoms with Gasteiger partial charge in [0.05, 0.1) is 7.11 Å². The Kier molecular flexibility index (Phi) is 4.98. The summed E-state index contributed by atoms with van der Waals surface area (Å²) < 4.78 is 5.34. The van der Waals surface area contributed by atoms with Gasteiger partial charge in [0.2, 0.25) is 5.91 Å². The standard InChI is InChI=1S/C21H30N2O2/c1-25-19-7-8-20-16(11-19)3-2-4-17(20)12-21(24)22-13-15-9-10-23(14-15)18-5-6-18/h7-8,11,15,17-18H,2-6,9-10,12-14H2,1H3,(H,22,24). The quantitative estimate of drug-likeness (QED) is 0.864. The molecule has 2 aliphatic carbocycles. The molecule has 1 saturated heterocycles. The van der Waals surface area contributed by atoms with Crippen molar-refractivity contribution in [3.63, 3.8) is 0 Å². The molecule has 0 spiro atoms. The Labute approximate surface area is 150 Å². The van der Waals surface area contributed by atoms with Gasteiger partial charge in [0, 0.05) is 25.6 Å². The maximum Gasteiger partial charge on any atom is 0.220 e. The first-order chi connectivity index (χ1) is 12.2. The summed E-state index contributed by atoms with van der Waals surface area (Å²) in [7, 11) is 1.71. The summed E-state index contributed by atoms with van der Waals surface area (Å²) in [4.78, 5) is 15.1. The van der Waals surface area contributed by atoms with Crippen LogP contribution in [0.1, 0.15) is 55.6 Å². The number of fused-ring (bicyclic) bond motifs is 1. The van der Waals surface area contributed by atoms with E-state index in [1.54, 1.807) is 7.11 Å². The highest BCUT2D eigenvalue weighted by Gasteiger charge is 2.34. The first kappa shape index (κ1) is 16.9. The van der Waals surface area contributed by atoms with Crippen LogP contribution < -0.4 is 10.1 Å². The third-order valence-electron chi connectivity index (χ3n) is 6.19. The third-order valence-corrected chi connectivity index (χ3v) is 6.19. The van der Waals surface area contributed by atoms with Crippen LogP contribution in [0.4, 0.5) is 0 Å². The minimum absolute atomic E-state index is 0.221. The number of nitrogens with zero attached hydrogens (tertiary/aromatic N) is 1. The van der Waals surface area contributed by atoms with Crippen molar-refractivity contribution in [1.82, 2.24) is 10.2 Å². The molecular formula is C21H30N2O2. The number of nitrogens with one attached hydrogen (secondary N) is 1. The van der Waals surface area contributed by atoms with Crippen molar-refractivity contribution in [1.29, 1.82) is 0 Å². The maximum atomic E-state index is 12.5. The van der Waals surface area contributed by atoms with E-state index in [4.69, 9.17) is 4.74 Å². The number of amides is 1. The van der Waals surface area contributed by atoms with Crippen LogP contribution in [0.2, 0.25) is 0 Å². The number of methoxy groups -OCH3 is 1. The molecule has 2 fully saturated rings. The van der Waals surface area contributed by atoms with Crippen LogP contribution in [0.25, 0.3) is 0 Å². The molecule has 1 aromatic rings. The molecular weight excluding hydrogens is 312 g/mol. The van der Waals surface area contributed by atoms with Crippen LogP contribution in [0, 0.1) is 5.92 Å². The zero-order valence-corrected chi connectivity index (χ0v) is 15.3. The lowest BCUT2D eigenvalue weighted by Crippen LogP contribution is -2.32. The molecule has 1 saturated carbocycles. The first-order valence-electron chi connectivity index (χ1n) is 9.90. The van der Waals surface area contributed by atoms with E-state index in [0.29, 0.717) is 18.3 Å². The van der Waals surface area contributed by atoms with E-state index in [1.165, 1.54) is 43.5 Å². The van der Waals surface area contributed by atoms with Crippen molar-refractivity contribution in [2.45, 2.75) is 56.9 Å². The van der Waals surface area contributed by atoms with Crippen LogP contribution >= 0.6 is 0 Å². The lowest BCUT2D eigenvalue weighted by molar-refractivity contribution is -0.121. The highest BCUT2D eigenvalue weighted by Crippen LogP contribution is 2.36. The van der Waals surface area contributed by atoms with Crippen molar-refractivity contribution in [3.05, 3.63) is 29.3 Å². The van der Waals surface area contributed by atoms with Crippen molar-refractivity contribution in [3.8, 4) is 5.75 Å². The summed E-state index contributed by atoms with van der Waals surface area (Å²) in [6.45, 7) is 3.25. The van der Waals surface area contributed by atoms with Crippen molar-refractivity contribution in [2.75, 3.05) is 26.7 Å². The molecule has 1 N–H and O–H groups in total. The molecule has 0 aromatic heterocycles. The minimum Gasteiger partial charge on any atom is -0.497 e. The normalized spacial score (nSPS) is 26.3. The van der Waals surface area contributed by atoms with Gasteiger partial charge in [0.1, 0.15) is 5.75 Å². The molecule has 4 nitrogen and oxygen atoms in total. The highest BCUT2D eigenvalue weighted by molar-refractivity contribution is 5.77. The van der Waals surface area contributed by atoms with Gasteiger partial charge in [-0.1, -0.05) is 6.07 Å². The number of hydrogen-bond donors (Lipinski definition) is 1. The Bertz CT molecular complexity index is 626. The Morgan fingerprint density at radius 1 is 1.28 bits per heavy atom. The number of likely N-dealkylation sites (tertiary alicyclic amines) is 1. The fourth-order valence-corrected chi connectivity index (χ4v) is 4.58. The molecule has 2 atom stereocenters. The van der Waals surface area contributed by atoms with E-state index in [0.717, 1.165) is 37.6 Å². The lowest BCUT2D eigenvalue weighted by atomic mass is 9.81. The van der Waals surface area contributed by atoms with Gasteiger partial charge >= 0.3 is 0 Å². The van der Waals surface area contributed by atoms with Gasteiger partial charge in [-0.3, -0.25) is 4.79 Å². The van der Waals surface area contributed by atoms with E-state index in [-0.39, 0.29) is 5.91 Å². The monoisotopic (exact) mass is 342 g/mol. The van der Waals surface area contributed by atoms with Gasteiger partial charge in [-0.25, -0.2) is 0 Å². The van der Waals surface area contributed by atoms with E-state index >= 15 is 0 Å². The number of benzene rings is 1. The van der Waals surface area contributed by atoms with Gasteiger partial charge in [0.25, 0.3) is 0 Å². The van der Waals surface area contributed by atoms with Crippen LogP contribution in [0.3, 0.4) is 0 Å². The summed E-state index contributed by atoms with van der Waals surface area (Å²) in [6, 6.07) is 7.19. The second-order valence-electron chi connectivity index (χ2n) is 8.04. The zero-order chi connectivity index (χ0) is 17.2. The molecule has 1 aromatic carbocycles. The smallest absolute Gasteiger partial charge is 0.220 e. The van der Waals surface area contributed by atoms with Gasteiger partial charge in [-0.05, 0) is 80.2 Å². The molecule has 2 unspecified atom stereocenters. The van der Waals surface area contributed by atoms with Crippen LogP contribution in [0.5, 0.6) is 5.75 Å². The number of hydrogen-bond acceptors (Lipinski definition) is 3. The third kappa shape index (κ3) is 4.00. The highest BCUT2D eigenvalue weighted by atomic mass is 16.5. The van der Waals surface area contributed by atoms with Crippen molar-refractivity contribution < 1.29 is 9.53 Å². The van der Waals surface area contributed by atoms with Crippen molar-refractivity contribution >= 4 is 5.91 Å². The second-order valence-corrected chi connectivity index (χ2v) is 8.04. The van der Waals surface area contributed by atoms with E-state index in [9.17, 15) is 4.79 Å². The summed E-state index contributed by atoms with van der Waals surface area (Å²) in [5.74, 6) is 2.15. The van der Waals surface area contributed by atoms with Gasteiger partial charge in [-0.2, -0.15) is 0 Å². The Balaban J connectivity index is 1.28. The van der Waals surface area contributed by atoms with Crippen molar-refractivity contribution in [2.24, 2.45) is 5.92 Å². The largest absolute Gasteiger partial charge is 0.497 e. The predicted molar refractivity (Wildman–Crippen MR) is 99.0 cm³/mol. The summed E-state index contributed by atoms with van der Waals surface area (Å²) in [5.41, 5.74) is 2.71. The zero-order valence-electron chi connectivity index (χ0n) is 15.3. The van der Waals surface area contributed by atoms with Gasteiger partial charge in [-0.15, -0.1) is 0 Å². The fourth-order valence-electron chi connectivity index (χ4n) is 4.58. The molecule has 1 amide bonds. The van der Waals surface area contributed by atoms with Gasteiger partial charge < -0.3 is 15.0 Å². The molecule has 4 rings (SSSR count). The predicted octanol–water partition coefficient (Wildman–Crippen LogP) is 3.11. The molecule has 1 aliphatic heterocycles. The van der Waals surface area contributed by atoms with Crippen LogP contribution in [-0.4, -0.2) is 43.6 Å². The minimum atomic E-state index is 0.221. The molecule has 25 heavy (non-hydrogen) atoms. The molecule has 0 radical (unpaired) electrons. The molecule has 3 aliphatic rings. The summed E-state index contributed by atoms with van der Waals surface area (Å²) in [5, 5.41) is 3.21. The Morgan fingerprint density at radius 2 is 2.16 bits per heavy atom. The Morgan fingerprint density at radius 3 is 2.96 bits per heavy atom. The van der Waals surface area contributed by atoms with Crippen LogP contribution in [-0.2, 0) is 11.2 Å². The average Bonchev–Trinajstić information content (AvgIpc) is 3.38. The number of ether oxygens (including phenoxy) is 1. The Hall–Kier alpha value is -1.55. The fraction of sp³-hybridized carbons (Fsp3) is 0.667. The second kappa shape index (κ2) is 7.36. The lowest BCUT2D eigenvalue weighted by Gasteiger charge is -2.25. The van der Waals surface area contributed by atoms with Crippen LogP contribution in [0.15, 0.2) is 18.2 Å². The number of carbonyl (C=O) groups is 1. The van der Waals surface area contributed by atoms with E-state index in [1.807, 2.05) is 6.07 Å². The number of rotatable bonds is 6. The van der Waals surface area contributed by atoms with E-state index < -0.39 is 0 Å². The summed E-state index contributed by atoms with van der Waals surface area (Å²) in [6.07, 6.45) is 8.00. The van der Waals surface area contributed by atoms with Gasteiger partial charge in [0.15, 0.2) is 0 Å². The molecule has 1 heterocycles. The van der Waals surface area contributed by atoms with E-state index in [2.05, 4.69) is 22.3 Å². The molecule has 0 bridgehead atoms. The average molecular weight is 342 g/mol. The SMILES string of the molecule is COc1ccc2c(c1)CCCC2CC(=O)NCC1CCN(C2CC2)C1. The first-order valence-corrected chi connectivity index (χ1v) is 9.90. The topological polar surface area (TPSA) is 41.6 Å².